The Kier molecular flexibility index (Phi) is 3.83. The first-order valence-electron chi connectivity index (χ1n) is 4.07. The van der Waals surface area contributed by atoms with Crippen LogP contribution >= 0.6 is 27.3 Å². The molecule has 1 aromatic heterocycles. The van der Waals surface area contributed by atoms with Crippen molar-refractivity contribution in [3.05, 3.63) is 20.8 Å². The first kappa shape index (κ1) is 11.4. The molecule has 1 aromatic rings. The lowest BCUT2D eigenvalue weighted by Crippen LogP contribution is -2.22. The van der Waals surface area contributed by atoms with Crippen LogP contribution in [0.5, 0.6) is 0 Å². The van der Waals surface area contributed by atoms with E-state index < -0.39 is 11.9 Å². The van der Waals surface area contributed by atoms with Gasteiger partial charge < -0.3 is 5.11 Å². The smallest absolute Gasteiger partial charge is 0.314 e. The molecule has 1 heterocycles. The summed E-state index contributed by atoms with van der Waals surface area (Å²) in [4.78, 5) is 22.9. The Morgan fingerprint density at radius 3 is 2.64 bits per heavy atom. The van der Waals surface area contributed by atoms with E-state index in [1.54, 1.807) is 18.4 Å². The number of rotatable bonds is 4. The van der Waals surface area contributed by atoms with Gasteiger partial charge in [-0.3, -0.25) is 9.59 Å². The number of carboxylic acid groups (broad SMARTS) is 1. The number of carbonyl (C=O) groups excluding carboxylic acids is 1. The van der Waals surface area contributed by atoms with Crippen LogP contribution in [-0.4, -0.2) is 16.9 Å². The van der Waals surface area contributed by atoms with Crippen LogP contribution in [0.1, 0.15) is 23.0 Å². The lowest BCUT2D eigenvalue weighted by Gasteiger charge is -2.05. The van der Waals surface area contributed by atoms with Gasteiger partial charge in [0.2, 0.25) is 0 Å². The first-order chi connectivity index (χ1) is 6.56. The lowest BCUT2D eigenvalue weighted by molar-refractivity contribution is -0.140. The van der Waals surface area contributed by atoms with Crippen molar-refractivity contribution in [2.75, 3.05) is 0 Å². The van der Waals surface area contributed by atoms with E-state index in [-0.39, 0.29) is 5.78 Å². The molecule has 0 aliphatic rings. The van der Waals surface area contributed by atoms with Crippen LogP contribution in [0.25, 0.3) is 0 Å². The van der Waals surface area contributed by atoms with Gasteiger partial charge in [-0.15, -0.1) is 11.3 Å². The van der Waals surface area contributed by atoms with Gasteiger partial charge in [0.15, 0.2) is 5.78 Å². The number of halogens is 1. The van der Waals surface area contributed by atoms with Crippen molar-refractivity contribution in [1.82, 2.24) is 0 Å². The number of hydrogen-bond donors (Lipinski definition) is 1. The zero-order valence-electron chi connectivity index (χ0n) is 7.49. The highest BCUT2D eigenvalue weighted by Crippen LogP contribution is 2.23. The van der Waals surface area contributed by atoms with Gasteiger partial charge in [-0.2, -0.15) is 0 Å². The Morgan fingerprint density at radius 2 is 2.29 bits per heavy atom. The van der Waals surface area contributed by atoms with Crippen LogP contribution in [-0.2, 0) is 4.79 Å². The average Bonchev–Trinajstić information content (AvgIpc) is 2.52. The molecule has 0 aromatic carbocycles. The summed E-state index contributed by atoms with van der Waals surface area (Å²) in [7, 11) is 0. The summed E-state index contributed by atoms with van der Waals surface area (Å²) in [5.41, 5.74) is 0. The number of carboxylic acids is 1. The summed E-state index contributed by atoms with van der Waals surface area (Å²) in [5, 5.41) is 10.5. The van der Waals surface area contributed by atoms with E-state index in [0.29, 0.717) is 11.3 Å². The van der Waals surface area contributed by atoms with Gasteiger partial charge in [-0.25, -0.2) is 0 Å². The normalized spacial score (nSPS) is 12.4. The molecule has 76 valence electrons. The van der Waals surface area contributed by atoms with Gasteiger partial charge in [0.05, 0.1) is 4.88 Å². The van der Waals surface area contributed by atoms with Gasteiger partial charge in [-0.1, -0.05) is 6.92 Å². The molecule has 0 bridgehead atoms. The van der Waals surface area contributed by atoms with E-state index in [4.69, 9.17) is 5.11 Å². The van der Waals surface area contributed by atoms with E-state index in [1.165, 1.54) is 11.3 Å². The lowest BCUT2D eigenvalue weighted by atomic mass is 10.0. The summed E-state index contributed by atoms with van der Waals surface area (Å²) >= 11 is 4.48. The molecular weight excluding hydrogens is 268 g/mol. The molecule has 1 unspecified atom stereocenters. The number of hydrogen-bond acceptors (Lipinski definition) is 3. The van der Waals surface area contributed by atoms with E-state index >= 15 is 0 Å². The number of thiophene rings is 1. The zero-order valence-corrected chi connectivity index (χ0v) is 9.89. The molecule has 0 fully saturated rings. The van der Waals surface area contributed by atoms with Crippen molar-refractivity contribution < 1.29 is 14.7 Å². The monoisotopic (exact) mass is 276 g/mol. The topological polar surface area (TPSA) is 54.4 Å². The van der Waals surface area contributed by atoms with Crippen molar-refractivity contribution in [2.24, 2.45) is 5.92 Å². The molecule has 0 aliphatic carbocycles. The van der Waals surface area contributed by atoms with Crippen molar-refractivity contribution in [2.45, 2.75) is 13.3 Å². The minimum atomic E-state index is -1.05. The van der Waals surface area contributed by atoms with Crippen LogP contribution in [0.2, 0.25) is 0 Å². The summed E-state index contributed by atoms with van der Waals surface area (Å²) in [6.45, 7) is 1.69. The van der Waals surface area contributed by atoms with Crippen LogP contribution in [0.4, 0.5) is 0 Å². The quantitative estimate of drug-likeness (QED) is 0.680. The van der Waals surface area contributed by atoms with E-state index in [2.05, 4.69) is 15.9 Å². The number of ketones is 1. The highest BCUT2D eigenvalue weighted by Gasteiger charge is 2.26. The molecule has 0 aliphatic heterocycles. The first-order valence-corrected chi connectivity index (χ1v) is 5.74. The third-order valence-electron chi connectivity index (χ3n) is 1.83. The minimum Gasteiger partial charge on any atom is -0.481 e. The van der Waals surface area contributed by atoms with Crippen molar-refractivity contribution in [3.63, 3.8) is 0 Å². The summed E-state index contributed by atoms with van der Waals surface area (Å²) in [5.74, 6) is -2.28. The number of carbonyl (C=O) groups is 2. The van der Waals surface area contributed by atoms with Crippen LogP contribution < -0.4 is 0 Å². The molecule has 1 rings (SSSR count). The Balaban J connectivity index is 2.88. The van der Waals surface area contributed by atoms with E-state index in [9.17, 15) is 9.59 Å². The SMILES string of the molecule is CCC(C(=O)O)C(=O)c1cc(Br)cs1. The predicted molar refractivity (Wildman–Crippen MR) is 57.8 cm³/mol. The van der Waals surface area contributed by atoms with Crippen molar-refractivity contribution >= 4 is 39.0 Å². The second-order valence-corrected chi connectivity index (χ2v) is 4.62. The van der Waals surface area contributed by atoms with Crippen LogP contribution in [0, 0.1) is 5.92 Å². The number of Topliss-reactive ketones (excluding diaryl/α,β-unsaturated/α-hetero) is 1. The summed E-state index contributed by atoms with van der Waals surface area (Å²) in [6.07, 6.45) is 0.323. The fourth-order valence-electron chi connectivity index (χ4n) is 1.09. The van der Waals surface area contributed by atoms with Crippen LogP contribution in [0.15, 0.2) is 15.9 Å². The zero-order chi connectivity index (χ0) is 10.7. The molecular formula is C9H9BrO3S. The molecule has 0 amide bonds. The highest BCUT2D eigenvalue weighted by atomic mass is 79.9. The summed E-state index contributed by atoms with van der Waals surface area (Å²) < 4.78 is 0.811. The fraction of sp³-hybridized carbons (Fsp3) is 0.333. The molecule has 1 N–H and O–H groups in total. The van der Waals surface area contributed by atoms with Crippen LogP contribution in [0.3, 0.4) is 0 Å². The van der Waals surface area contributed by atoms with E-state index in [1.807, 2.05) is 0 Å². The molecule has 0 saturated heterocycles. The van der Waals surface area contributed by atoms with Gasteiger partial charge in [0.25, 0.3) is 0 Å². The molecule has 1 atom stereocenters. The predicted octanol–water partition coefficient (Wildman–Crippen LogP) is 2.80. The average molecular weight is 277 g/mol. The molecule has 0 radical (unpaired) electrons. The second-order valence-electron chi connectivity index (χ2n) is 2.79. The number of aliphatic carboxylic acids is 1. The Morgan fingerprint density at radius 1 is 1.64 bits per heavy atom. The third-order valence-corrected chi connectivity index (χ3v) is 3.54. The maximum absolute atomic E-state index is 11.6. The van der Waals surface area contributed by atoms with Gasteiger partial charge in [0, 0.05) is 9.85 Å². The largest absolute Gasteiger partial charge is 0.481 e. The standard InChI is InChI=1S/C9H9BrO3S/c1-2-6(9(12)13)8(11)7-3-5(10)4-14-7/h3-4,6H,2H2,1H3,(H,12,13). The molecule has 5 heteroatoms. The molecule has 3 nitrogen and oxygen atoms in total. The molecule has 14 heavy (non-hydrogen) atoms. The van der Waals surface area contributed by atoms with Gasteiger partial charge in [-0.05, 0) is 28.4 Å². The van der Waals surface area contributed by atoms with Crippen molar-refractivity contribution in [1.29, 1.82) is 0 Å². The van der Waals surface area contributed by atoms with Crippen molar-refractivity contribution in [3.8, 4) is 0 Å². The van der Waals surface area contributed by atoms with Gasteiger partial charge in [0.1, 0.15) is 5.92 Å². The minimum absolute atomic E-state index is 0.310. The van der Waals surface area contributed by atoms with Gasteiger partial charge >= 0.3 is 5.97 Å². The maximum atomic E-state index is 11.6. The summed E-state index contributed by atoms with van der Waals surface area (Å²) in [6, 6.07) is 1.65. The second kappa shape index (κ2) is 4.70. The molecule has 0 saturated carbocycles. The molecule has 0 spiro atoms. The highest BCUT2D eigenvalue weighted by molar-refractivity contribution is 9.10. The van der Waals surface area contributed by atoms with E-state index in [0.717, 1.165) is 4.47 Å². The third kappa shape index (κ3) is 2.42. The maximum Gasteiger partial charge on any atom is 0.314 e. The Labute approximate surface area is 93.9 Å². The Bertz CT molecular complexity index is 359. The Hall–Kier alpha value is -0.680. The fourth-order valence-corrected chi connectivity index (χ4v) is 2.51.